The van der Waals surface area contributed by atoms with E-state index in [1.54, 1.807) is 6.07 Å². The molecule has 1 aromatic carbocycles. The van der Waals surface area contributed by atoms with Crippen LogP contribution in [0.1, 0.15) is 29.6 Å². The Morgan fingerprint density at radius 2 is 2.21 bits per heavy atom. The van der Waals surface area contributed by atoms with Crippen molar-refractivity contribution in [3.05, 3.63) is 35.6 Å². The molecule has 74 valence electrons. The van der Waals surface area contributed by atoms with E-state index in [1.165, 1.54) is 18.2 Å². The number of carbonyl (C=O) groups excluding carboxylic acids is 1. The first-order valence-corrected chi connectivity index (χ1v) is 4.72. The molecule has 0 spiro atoms. The van der Waals surface area contributed by atoms with E-state index < -0.39 is 11.8 Å². The van der Waals surface area contributed by atoms with Crippen molar-refractivity contribution in [3.63, 3.8) is 0 Å². The second-order valence-corrected chi connectivity index (χ2v) is 3.47. The van der Waals surface area contributed by atoms with E-state index in [-0.39, 0.29) is 11.7 Å². The quantitative estimate of drug-likeness (QED) is 0.676. The summed E-state index contributed by atoms with van der Waals surface area (Å²) in [5.41, 5.74) is 0.289. The highest BCUT2D eigenvalue weighted by molar-refractivity contribution is 5.89. The zero-order valence-corrected chi connectivity index (χ0v) is 7.70. The first-order valence-electron chi connectivity index (χ1n) is 4.72. The fourth-order valence-corrected chi connectivity index (χ4v) is 1.32. The van der Waals surface area contributed by atoms with Gasteiger partial charge in [0.15, 0.2) is 0 Å². The van der Waals surface area contributed by atoms with Crippen molar-refractivity contribution in [3.8, 4) is 0 Å². The van der Waals surface area contributed by atoms with Crippen LogP contribution in [-0.4, -0.2) is 12.1 Å². The van der Waals surface area contributed by atoms with Crippen molar-refractivity contribution < 1.29 is 13.9 Å². The lowest BCUT2D eigenvalue weighted by atomic mass is 9.96. The maximum Gasteiger partial charge on any atom is 0.338 e. The van der Waals surface area contributed by atoms with Crippen molar-refractivity contribution in [2.45, 2.75) is 25.4 Å². The molecule has 14 heavy (non-hydrogen) atoms. The molecule has 2 nitrogen and oxygen atoms in total. The zero-order chi connectivity index (χ0) is 9.97. The van der Waals surface area contributed by atoms with E-state index in [4.69, 9.17) is 4.74 Å². The number of hydrogen-bond donors (Lipinski definition) is 0. The summed E-state index contributed by atoms with van der Waals surface area (Å²) in [5.74, 6) is -0.831. The van der Waals surface area contributed by atoms with Gasteiger partial charge in [0.1, 0.15) is 11.9 Å². The maximum absolute atomic E-state index is 12.8. The van der Waals surface area contributed by atoms with Gasteiger partial charge >= 0.3 is 5.97 Å². The second-order valence-electron chi connectivity index (χ2n) is 3.47. The molecule has 0 unspecified atom stereocenters. The molecule has 1 aromatic rings. The summed E-state index contributed by atoms with van der Waals surface area (Å²) in [7, 11) is 0. The van der Waals surface area contributed by atoms with Gasteiger partial charge in [0.05, 0.1) is 5.56 Å². The van der Waals surface area contributed by atoms with Crippen LogP contribution in [-0.2, 0) is 4.74 Å². The van der Waals surface area contributed by atoms with Gasteiger partial charge in [0.2, 0.25) is 0 Å². The zero-order valence-electron chi connectivity index (χ0n) is 7.70. The number of esters is 1. The Morgan fingerprint density at radius 3 is 2.79 bits per heavy atom. The number of hydrogen-bond acceptors (Lipinski definition) is 2. The molecule has 0 aromatic heterocycles. The minimum Gasteiger partial charge on any atom is -0.459 e. The molecule has 0 aliphatic heterocycles. The van der Waals surface area contributed by atoms with Gasteiger partial charge in [0, 0.05) is 0 Å². The smallest absolute Gasteiger partial charge is 0.338 e. The monoisotopic (exact) mass is 194 g/mol. The number of benzene rings is 1. The Kier molecular flexibility index (Phi) is 2.48. The summed E-state index contributed by atoms with van der Waals surface area (Å²) in [4.78, 5) is 11.4. The van der Waals surface area contributed by atoms with Gasteiger partial charge in [-0.1, -0.05) is 6.07 Å². The summed E-state index contributed by atoms with van der Waals surface area (Å²) in [6.45, 7) is 0. The molecule has 0 radical (unpaired) electrons. The van der Waals surface area contributed by atoms with E-state index in [1.807, 2.05) is 0 Å². The molecule has 0 amide bonds. The SMILES string of the molecule is O=C(OC1CCC1)c1cccc(F)c1. The van der Waals surface area contributed by atoms with E-state index >= 15 is 0 Å². The van der Waals surface area contributed by atoms with Gasteiger partial charge in [-0.05, 0) is 37.5 Å². The fourth-order valence-electron chi connectivity index (χ4n) is 1.32. The van der Waals surface area contributed by atoms with Crippen molar-refractivity contribution in [2.24, 2.45) is 0 Å². The standard InChI is InChI=1S/C11H11FO2/c12-9-4-1-3-8(7-9)11(13)14-10-5-2-6-10/h1,3-4,7,10H,2,5-6H2. The molecule has 0 heterocycles. The van der Waals surface area contributed by atoms with Crippen molar-refractivity contribution in [1.82, 2.24) is 0 Å². The summed E-state index contributed by atoms with van der Waals surface area (Å²) < 4.78 is 17.9. The van der Waals surface area contributed by atoms with E-state index in [0.29, 0.717) is 0 Å². The third kappa shape index (κ3) is 1.92. The van der Waals surface area contributed by atoms with Crippen LogP contribution in [0.5, 0.6) is 0 Å². The molecule has 1 aliphatic carbocycles. The maximum atomic E-state index is 12.8. The first-order chi connectivity index (χ1) is 6.75. The van der Waals surface area contributed by atoms with Crippen LogP contribution in [0.3, 0.4) is 0 Å². The Hall–Kier alpha value is -1.38. The van der Waals surface area contributed by atoms with E-state index in [2.05, 4.69) is 0 Å². The molecular formula is C11H11FO2. The predicted molar refractivity (Wildman–Crippen MR) is 49.5 cm³/mol. The van der Waals surface area contributed by atoms with Gasteiger partial charge in [0.25, 0.3) is 0 Å². The first kappa shape index (κ1) is 9.19. The van der Waals surface area contributed by atoms with Crippen molar-refractivity contribution in [1.29, 1.82) is 0 Å². The highest BCUT2D eigenvalue weighted by Crippen LogP contribution is 2.23. The Labute approximate surface area is 81.7 Å². The van der Waals surface area contributed by atoms with Crippen LogP contribution in [0.2, 0.25) is 0 Å². The van der Waals surface area contributed by atoms with Crippen molar-refractivity contribution >= 4 is 5.97 Å². The van der Waals surface area contributed by atoms with Crippen LogP contribution in [0.15, 0.2) is 24.3 Å². The third-order valence-corrected chi connectivity index (χ3v) is 2.39. The van der Waals surface area contributed by atoms with Crippen LogP contribution in [0, 0.1) is 5.82 Å². The topological polar surface area (TPSA) is 26.3 Å². The number of ether oxygens (including phenoxy) is 1. The Balaban J connectivity index is 2.02. The second kappa shape index (κ2) is 3.78. The number of halogens is 1. The van der Waals surface area contributed by atoms with Gasteiger partial charge in [-0.25, -0.2) is 9.18 Å². The molecule has 1 saturated carbocycles. The van der Waals surface area contributed by atoms with E-state index in [0.717, 1.165) is 19.3 Å². The summed E-state index contributed by atoms with van der Waals surface area (Å²) in [6, 6.07) is 5.57. The summed E-state index contributed by atoms with van der Waals surface area (Å²) >= 11 is 0. The minimum absolute atomic E-state index is 0.0470. The van der Waals surface area contributed by atoms with Gasteiger partial charge in [-0.3, -0.25) is 0 Å². The van der Waals surface area contributed by atoms with Gasteiger partial charge in [-0.2, -0.15) is 0 Å². The lowest BCUT2D eigenvalue weighted by molar-refractivity contribution is 0.00896. The highest BCUT2D eigenvalue weighted by Gasteiger charge is 2.22. The molecule has 0 saturated heterocycles. The lowest BCUT2D eigenvalue weighted by Gasteiger charge is -2.25. The fraction of sp³-hybridized carbons (Fsp3) is 0.364. The van der Waals surface area contributed by atoms with Crippen LogP contribution in [0.25, 0.3) is 0 Å². The number of carbonyl (C=O) groups is 1. The Morgan fingerprint density at radius 1 is 1.43 bits per heavy atom. The van der Waals surface area contributed by atoms with Crippen LogP contribution >= 0.6 is 0 Å². The average Bonchev–Trinajstić information content (AvgIpc) is 2.11. The molecule has 1 fully saturated rings. The number of rotatable bonds is 2. The molecule has 3 heteroatoms. The molecule has 1 aliphatic rings. The van der Waals surface area contributed by atoms with E-state index in [9.17, 15) is 9.18 Å². The normalized spacial score (nSPS) is 16.1. The molecular weight excluding hydrogens is 183 g/mol. The summed E-state index contributed by atoms with van der Waals surface area (Å²) in [5, 5.41) is 0. The van der Waals surface area contributed by atoms with Gasteiger partial charge < -0.3 is 4.74 Å². The molecule has 0 N–H and O–H groups in total. The van der Waals surface area contributed by atoms with Crippen LogP contribution < -0.4 is 0 Å². The van der Waals surface area contributed by atoms with Gasteiger partial charge in [-0.15, -0.1) is 0 Å². The predicted octanol–water partition coefficient (Wildman–Crippen LogP) is 2.54. The summed E-state index contributed by atoms with van der Waals surface area (Å²) in [6.07, 6.45) is 3.02. The molecule has 2 rings (SSSR count). The average molecular weight is 194 g/mol. The minimum atomic E-state index is -0.422. The largest absolute Gasteiger partial charge is 0.459 e. The van der Waals surface area contributed by atoms with Crippen molar-refractivity contribution in [2.75, 3.05) is 0 Å². The molecule has 0 atom stereocenters. The third-order valence-electron chi connectivity index (χ3n) is 2.39. The lowest BCUT2D eigenvalue weighted by Crippen LogP contribution is -2.25. The highest BCUT2D eigenvalue weighted by atomic mass is 19.1. The Bertz CT molecular complexity index is 345. The van der Waals surface area contributed by atoms with Crippen LogP contribution in [0.4, 0.5) is 4.39 Å². The molecule has 0 bridgehead atoms.